The van der Waals surface area contributed by atoms with E-state index in [2.05, 4.69) is 36.0 Å². The highest BCUT2D eigenvalue weighted by Crippen LogP contribution is 2.34. The Labute approximate surface area is 113 Å². The monoisotopic (exact) mass is 253 g/mol. The molecule has 2 fully saturated rings. The van der Waals surface area contributed by atoms with Gasteiger partial charge in [0.2, 0.25) is 0 Å². The van der Waals surface area contributed by atoms with E-state index in [9.17, 15) is 0 Å². The van der Waals surface area contributed by atoms with E-state index in [-0.39, 0.29) is 0 Å². The maximum Gasteiger partial charge on any atom is 0.0111 e. The molecule has 0 spiro atoms. The van der Waals surface area contributed by atoms with Crippen LogP contribution < -0.4 is 5.32 Å². The summed E-state index contributed by atoms with van der Waals surface area (Å²) in [7, 11) is 2.32. The second-order valence-electron chi connectivity index (χ2n) is 6.05. The molecule has 106 valence electrons. The maximum atomic E-state index is 3.79. The molecule has 2 saturated heterocycles. The van der Waals surface area contributed by atoms with Crippen molar-refractivity contribution >= 4 is 0 Å². The zero-order valence-electron chi connectivity index (χ0n) is 12.5. The summed E-state index contributed by atoms with van der Waals surface area (Å²) in [6, 6.07) is 2.52. The number of rotatable bonds is 7. The van der Waals surface area contributed by atoms with Crippen LogP contribution in [0.4, 0.5) is 0 Å². The summed E-state index contributed by atoms with van der Waals surface area (Å²) >= 11 is 0. The third kappa shape index (κ3) is 3.46. The van der Waals surface area contributed by atoms with E-state index < -0.39 is 0 Å². The molecule has 0 aromatic carbocycles. The number of hydrogen-bond acceptors (Lipinski definition) is 3. The Morgan fingerprint density at radius 2 is 1.72 bits per heavy atom. The molecule has 0 aromatic heterocycles. The Kier molecular flexibility index (Phi) is 5.46. The van der Waals surface area contributed by atoms with E-state index >= 15 is 0 Å². The summed E-state index contributed by atoms with van der Waals surface area (Å²) in [4.78, 5) is 5.13. The lowest BCUT2D eigenvalue weighted by atomic mass is 9.98. The van der Waals surface area contributed by atoms with Crippen molar-refractivity contribution in [2.24, 2.45) is 0 Å². The van der Waals surface area contributed by atoms with Gasteiger partial charge in [-0.3, -0.25) is 0 Å². The van der Waals surface area contributed by atoms with Crippen molar-refractivity contribution in [1.82, 2.24) is 15.1 Å². The number of nitrogens with zero attached hydrogens (tertiary/aromatic N) is 2. The molecule has 2 bridgehead atoms. The van der Waals surface area contributed by atoms with Gasteiger partial charge in [0.05, 0.1) is 0 Å². The van der Waals surface area contributed by atoms with Gasteiger partial charge in [0.25, 0.3) is 0 Å². The minimum atomic E-state index is 0.787. The van der Waals surface area contributed by atoms with Gasteiger partial charge >= 0.3 is 0 Å². The Hall–Kier alpha value is -0.120. The highest BCUT2D eigenvalue weighted by atomic mass is 15.2. The maximum absolute atomic E-state index is 3.79. The molecule has 0 radical (unpaired) electrons. The van der Waals surface area contributed by atoms with Crippen LogP contribution in [0.15, 0.2) is 0 Å². The van der Waals surface area contributed by atoms with E-state index in [0.29, 0.717) is 0 Å². The van der Waals surface area contributed by atoms with Crippen LogP contribution in [0.2, 0.25) is 0 Å². The fraction of sp³-hybridized carbons (Fsp3) is 1.00. The predicted octanol–water partition coefficient (Wildman–Crippen LogP) is 1.93. The van der Waals surface area contributed by atoms with Crippen LogP contribution in [0.25, 0.3) is 0 Å². The smallest absolute Gasteiger partial charge is 0.0111 e. The molecule has 18 heavy (non-hydrogen) atoms. The highest BCUT2D eigenvalue weighted by molar-refractivity contribution is 4.95. The lowest BCUT2D eigenvalue weighted by molar-refractivity contribution is 0.148. The molecule has 0 aromatic rings. The minimum absolute atomic E-state index is 0.787. The second-order valence-corrected chi connectivity index (χ2v) is 6.05. The van der Waals surface area contributed by atoms with Gasteiger partial charge in [-0.15, -0.1) is 0 Å². The van der Waals surface area contributed by atoms with Crippen LogP contribution in [-0.2, 0) is 0 Å². The van der Waals surface area contributed by atoms with Crippen molar-refractivity contribution in [2.45, 2.75) is 64.1 Å². The fourth-order valence-electron chi connectivity index (χ4n) is 3.73. The third-order valence-electron chi connectivity index (χ3n) is 5.08. The molecule has 3 nitrogen and oxygen atoms in total. The number of piperidine rings is 1. The molecule has 2 aliphatic heterocycles. The van der Waals surface area contributed by atoms with Crippen molar-refractivity contribution in [1.29, 1.82) is 0 Å². The molecule has 1 N–H and O–H groups in total. The lowest BCUT2D eigenvalue weighted by Crippen LogP contribution is -2.47. The van der Waals surface area contributed by atoms with Crippen LogP contribution in [0, 0.1) is 0 Å². The van der Waals surface area contributed by atoms with Crippen LogP contribution in [0.1, 0.15) is 46.0 Å². The molecule has 2 unspecified atom stereocenters. The second kappa shape index (κ2) is 6.88. The first kappa shape index (κ1) is 14.3. The van der Waals surface area contributed by atoms with Crippen LogP contribution in [-0.4, -0.2) is 61.2 Å². The molecule has 3 heteroatoms. The quantitative estimate of drug-likeness (QED) is 0.700. The van der Waals surface area contributed by atoms with E-state index in [1.165, 1.54) is 58.3 Å². The summed E-state index contributed by atoms with van der Waals surface area (Å²) in [6.07, 6.45) is 6.90. The Balaban J connectivity index is 1.60. The molecule has 2 atom stereocenters. The van der Waals surface area contributed by atoms with Crippen molar-refractivity contribution < 1.29 is 0 Å². The minimum Gasteiger partial charge on any atom is -0.314 e. The van der Waals surface area contributed by atoms with Crippen LogP contribution in [0.3, 0.4) is 0 Å². The Morgan fingerprint density at radius 3 is 2.28 bits per heavy atom. The van der Waals surface area contributed by atoms with Crippen molar-refractivity contribution in [3.8, 4) is 0 Å². The molecule has 2 heterocycles. The Morgan fingerprint density at radius 1 is 1.11 bits per heavy atom. The van der Waals surface area contributed by atoms with E-state index in [4.69, 9.17) is 0 Å². The van der Waals surface area contributed by atoms with Gasteiger partial charge in [0, 0.05) is 18.1 Å². The predicted molar refractivity (Wildman–Crippen MR) is 78.0 cm³/mol. The first-order valence-electron chi connectivity index (χ1n) is 7.92. The molecule has 0 aliphatic carbocycles. The van der Waals surface area contributed by atoms with Gasteiger partial charge in [0.15, 0.2) is 0 Å². The summed E-state index contributed by atoms with van der Waals surface area (Å²) in [5, 5.41) is 3.79. The molecule has 2 rings (SSSR count). The van der Waals surface area contributed by atoms with Gasteiger partial charge < -0.3 is 15.1 Å². The van der Waals surface area contributed by atoms with Gasteiger partial charge in [-0.2, -0.15) is 0 Å². The molecular formula is C15H31N3. The average molecular weight is 253 g/mol. The summed E-state index contributed by atoms with van der Waals surface area (Å²) < 4.78 is 0. The molecular weight excluding hydrogens is 222 g/mol. The largest absolute Gasteiger partial charge is 0.314 e. The van der Waals surface area contributed by atoms with Crippen molar-refractivity contribution in [3.05, 3.63) is 0 Å². The molecule has 2 aliphatic rings. The normalized spacial score (nSPS) is 32.3. The zero-order valence-corrected chi connectivity index (χ0v) is 12.5. The van der Waals surface area contributed by atoms with Crippen molar-refractivity contribution in [3.63, 3.8) is 0 Å². The first-order chi connectivity index (χ1) is 8.74. The first-order valence-corrected chi connectivity index (χ1v) is 7.92. The van der Waals surface area contributed by atoms with Gasteiger partial charge in [-0.25, -0.2) is 0 Å². The SMILES string of the molecule is CCN(CC)CCCNC1CC2CCC(C1)N2C. The topological polar surface area (TPSA) is 18.5 Å². The summed E-state index contributed by atoms with van der Waals surface area (Å²) in [6.45, 7) is 9.34. The molecule has 0 amide bonds. The lowest BCUT2D eigenvalue weighted by Gasteiger charge is -2.36. The van der Waals surface area contributed by atoms with E-state index in [1.54, 1.807) is 0 Å². The number of hydrogen-bond donors (Lipinski definition) is 1. The summed E-state index contributed by atoms with van der Waals surface area (Å²) in [5.41, 5.74) is 0. The van der Waals surface area contributed by atoms with Crippen LogP contribution >= 0.6 is 0 Å². The van der Waals surface area contributed by atoms with E-state index in [0.717, 1.165) is 18.1 Å². The van der Waals surface area contributed by atoms with Crippen molar-refractivity contribution in [2.75, 3.05) is 33.2 Å². The van der Waals surface area contributed by atoms with Gasteiger partial charge in [0.1, 0.15) is 0 Å². The zero-order chi connectivity index (χ0) is 13.0. The standard InChI is InChI=1S/C15H31N3/c1-4-18(5-2)10-6-9-16-13-11-14-7-8-15(12-13)17(14)3/h13-16H,4-12H2,1-3H3. The van der Waals surface area contributed by atoms with Gasteiger partial charge in [-0.1, -0.05) is 13.8 Å². The highest BCUT2D eigenvalue weighted by Gasteiger charge is 2.37. The van der Waals surface area contributed by atoms with Crippen LogP contribution in [0.5, 0.6) is 0 Å². The number of fused-ring (bicyclic) bond motifs is 2. The molecule has 0 saturated carbocycles. The van der Waals surface area contributed by atoms with E-state index in [1.807, 2.05) is 0 Å². The summed E-state index contributed by atoms with van der Waals surface area (Å²) in [5.74, 6) is 0. The number of nitrogens with one attached hydrogen (secondary N) is 1. The third-order valence-corrected chi connectivity index (χ3v) is 5.08. The van der Waals surface area contributed by atoms with Gasteiger partial charge in [-0.05, 0) is 65.3 Å². The fourth-order valence-corrected chi connectivity index (χ4v) is 3.73. The average Bonchev–Trinajstić information content (AvgIpc) is 2.62. The Bertz CT molecular complexity index is 226.